The van der Waals surface area contributed by atoms with E-state index in [1.165, 1.54) is 5.56 Å². The van der Waals surface area contributed by atoms with E-state index in [0.717, 1.165) is 54.2 Å². The number of carbonyl (C=O) groups is 1. The van der Waals surface area contributed by atoms with Crippen LogP contribution in [0.3, 0.4) is 0 Å². The van der Waals surface area contributed by atoms with E-state index in [1.807, 2.05) is 34.0 Å². The molecule has 28 heavy (non-hydrogen) atoms. The molecule has 0 saturated carbocycles. The molecule has 146 valence electrons. The molecule has 0 unspecified atom stereocenters. The largest absolute Gasteiger partial charge is 0.340 e. The van der Waals surface area contributed by atoms with Crippen molar-refractivity contribution in [2.24, 2.45) is 0 Å². The second kappa shape index (κ2) is 8.33. The van der Waals surface area contributed by atoms with Crippen molar-refractivity contribution in [1.29, 1.82) is 0 Å². The smallest absolute Gasteiger partial charge is 0.224 e. The van der Waals surface area contributed by atoms with Crippen LogP contribution in [0, 0.1) is 6.92 Å². The molecular formula is C22H25ClN4O. The van der Waals surface area contributed by atoms with Crippen LogP contribution in [0.2, 0.25) is 5.02 Å². The van der Waals surface area contributed by atoms with E-state index < -0.39 is 0 Å². The van der Waals surface area contributed by atoms with Crippen molar-refractivity contribution in [3.05, 3.63) is 64.8 Å². The summed E-state index contributed by atoms with van der Waals surface area (Å²) in [5, 5.41) is 6.38. The highest BCUT2D eigenvalue weighted by Crippen LogP contribution is 2.19. The summed E-state index contributed by atoms with van der Waals surface area (Å²) in [7, 11) is 0. The van der Waals surface area contributed by atoms with Crippen LogP contribution in [0.1, 0.15) is 17.5 Å². The van der Waals surface area contributed by atoms with Crippen molar-refractivity contribution in [2.75, 3.05) is 26.2 Å². The zero-order chi connectivity index (χ0) is 19.5. The maximum atomic E-state index is 12.6. The van der Waals surface area contributed by atoms with Gasteiger partial charge in [-0.25, -0.2) is 0 Å². The molecule has 1 aromatic heterocycles. The lowest BCUT2D eigenvalue weighted by atomic mass is 10.2. The molecule has 1 aliphatic heterocycles. The molecule has 4 rings (SSSR count). The Labute approximate surface area is 170 Å². The van der Waals surface area contributed by atoms with Gasteiger partial charge in [-0.1, -0.05) is 41.4 Å². The molecule has 5 nitrogen and oxygen atoms in total. The lowest BCUT2D eigenvalue weighted by Gasteiger charge is -2.35. The van der Waals surface area contributed by atoms with Gasteiger partial charge in [-0.05, 0) is 30.7 Å². The van der Waals surface area contributed by atoms with Gasteiger partial charge in [-0.2, -0.15) is 5.10 Å². The van der Waals surface area contributed by atoms with Crippen LogP contribution in [0.4, 0.5) is 0 Å². The van der Waals surface area contributed by atoms with Crippen molar-refractivity contribution < 1.29 is 4.79 Å². The fourth-order valence-electron chi connectivity index (χ4n) is 3.77. The first-order valence-corrected chi connectivity index (χ1v) is 10.1. The summed E-state index contributed by atoms with van der Waals surface area (Å²) in [5.74, 6) is 0.202. The van der Waals surface area contributed by atoms with Gasteiger partial charge in [0.25, 0.3) is 0 Å². The van der Waals surface area contributed by atoms with Crippen LogP contribution in [-0.4, -0.2) is 51.7 Å². The van der Waals surface area contributed by atoms with E-state index in [-0.39, 0.29) is 5.91 Å². The number of nitrogens with zero attached hydrogens (tertiary/aromatic N) is 4. The van der Waals surface area contributed by atoms with Crippen LogP contribution in [0.15, 0.2) is 48.7 Å². The molecule has 2 heterocycles. The zero-order valence-electron chi connectivity index (χ0n) is 16.1. The van der Waals surface area contributed by atoms with E-state index >= 15 is 0 Å². The molecule has 0 spiro atoms. The molecule has 0 N–H and O–H groups in total. The average molecular weight is 397 g/mol. The van der Waals surface area contributed by atoms with E-state index in [4.69, 9.17) is 11.6 Å². The third kappa shape index (κ3) is 4.21. The summed E-state index contributed by atoms with van der Waals surface area (Å²) in [6, 6.07) is 14.2. The standard InChI is InChI=1S/C22H25ClN4O/c1-17-6-7-21-19(14-17)15-24-27(21)9-8-22(28)26-12-10-25(11-13-26)16-18-4-2-3-5-20(18)23/h2-7,14-15H,8-13,16H2,1H3. The molecular weight excluding hydrogens is 372 g/mol. The molecule has 6 heteroatoms. The Hall–Kier alpha value is -2.37. The first-order chi connectivity index (χ1) is 13.6. The lowest BCUT2D eigenvalue weighted by Crippen LogP contribution is -2.48. The van der Waals surface area contributed by atoms with Crippen molar-refractivity contribution in [1.82, 2.24) is 19.6 Å². The SMILES string of the molecule is Cc1ccc2c(cnn2CCC(=O)N2CCN(Cc3ccccc3Cl)CC2)c1. The summed E-state index contributed by atoms with van der Waals surface area (Å²) in [6.07, 6.45) is 2.36. The fraction of sp³-hybridized carbons (Fsp3) is 0.364. The van der Waals surface area contributed by atoms with Gasteiger partial charge in [0.2, 0.25) is 5.91 Å². The predicted octanol–water partition coefficient (Wildman–Crippen LogP) is 3.73. The summed E-state index contributed by atoms with van der Waals surface area (Å²) < 4.78 is 1.93. The molecule has 0 atom stereocenters. The number of aromatic nitrogens is 2. The Morgan fingerprint density at radius 2 is 1.89 bits per heavy atom. The van der Waals surface area contributed by atoms with Crippen molar-refractivity contribution in [3.8, 4) is 0 Å². The number of hydrogen-bond acceptors (Lipinski definition) is 3. The highest BCUT2D eigenvalue weighted by Gasteiger charge is 2.21. The second-order valence-electron chi connectivity index (χ2n) is 7.43. The molecule has 0 radical (unpaired) electrons. The van der Waals surface area contributed by atoms with E-state index in [2.05, 4.69) is 41.2 Å². The summed E-state index contributed by atoms with van der Waals surface area (Å²) in [6.45, 7) is 6.81. The first kappa shape index (κ1) is 19.0. The number of rotatable bonds is 5. The maximum Gasteiger partial charge on any atom is 0.224 e. The minimum absolute atomic E-state index is 0.202. The predicted molar refractivity (Wildman–Crippen MR) is 112 cm³/mol. The Morgan fingerprint density at radius 1 is 1.11 bits per heavy atom. The molecule has 1 amide bonds. The topological polar surface area (TPSA) is 41.4 Å². The van der Waals surface area contributed by atoms with Crippen LogP contribution >= 0.6 is 11.6 Å². The van der Waals surface area contributed by atoms with Crippen LogP contribution in [0.5, 0.6) is 0 Å². The highest BCUT2D eigenvalue weighted by atomic mass is 35.5. The van der Waals surface area contributed by atoms with E-state index in [0.29, 0.717) is 13.0 Å². The number of piperazine rings is 1. The van der Waals surface area contributed by atoms with Gasteiger partial charge in [-0.15, -0.1) is 0 Å². The Morgan fingerprint density at radius 3 is 2.68 bits per heavy atom. The van der Waals surface area contributed by atoms with E-state index in [1.54, 1.807) is 0 Å². The van der Waals surface area contributed by atoms with Crippen LogP contribution < -0.4 is 0 Å². The number of amides is 1. The van der Waals surface area contributed by atoms with E-state index in [9.17, 15) is 4.79 Å². The van der Waals surface area contributed by atoms with Crippen LogP contribution in [0.25, 0.3) is 10.9 Å². The quantitative estimate of drug-likeness (QED) is 0.659. The summed E-state index contributed by atoms with van der Waals surface area (Å²) in [5.41, 5.74) is 3.45. The lowest BCUT2D eigenvalue weighted by molar-refractivity contribution is -0.133. The number of aryl methyl sites for hydroxylation is 2. The second-order valence-corrected chi connectivity index (χ2v) is 7.84. The first-order valence-electron chi connectivity index (χ1n) is 9.76. The maximum absolute atomic E-state index is 12.6. The third-order valence-corrected chi connectivity index (χ3v) is 5.78. The minimum atomic E-state index is 0.202. The van der Waals surface area contributed by atoms with Crippen molar-refractivity contribution >= 4 is 28.4 Å². The van der Waals surface area contributed by atoms with Gasteiger partial charge in [0, 0.05) is 49.6 Å². The number of benzene rings is 2. The Bertz CT molecular complexity index is 976. The zero-order valence-corrected chi connectivity index (χ0v) is 16.9. The van der Waals surface area contributed by atoms with Gasteiger partial charge in [0.15, 0.2) is 0 Å². The number of carbonyl (C=O) groups excluding carboxylic acids is 1. The van der Waals surface area contributed by atoms with Crippen LogP contribution in [-0.2, 0) is 17.9 Å². The number of hydrogen-bond donors (Lipinski definition) is 0. The molecule has 3 aromatic rings. The minimum Gasteiger partial charge on any atom is -0.340 e. The van der Waals surface area contributed by atoms with Gasteiger partial charge >= 0.3 is 0 Å². The number of fused-ring (bicyclic) bond motifs is 1. The van der Waals surface area contributed by atoms with Crippen molar-refractivity contribution in [2.45, 2.75) is 26.4 Å². The van der Waals surface area contributed by atoms with Gasteiger partial charge in [0.1, 0.15) is 0 Å². The molecule has 1 saturated heterocycles. The van der Waals surface area contributed by atoms with Gasteiger partial charge < -0.3 is 4.90 Å². The average Bonchev–Trinajstić information content (AvgIpc) is 3.10. The Kier molecular flexibility index (Phi) is 5.64. The highest BCUT2D eigenvalue weighted by molar-refractivity contribution is 6.31. The summed E-state index contributed by atoms with van der Waals surface area (Å²) in [4.78, 5) is 17.0. The van der Waals surface area contributed by atoms with Gasteiger partial charge in [0.05, 0.1) is 18.3 Å². The van der Waals surface area contributed by atoms with Gasteiger partial charge in [-0.3, -0.25) is 14.4 Å². The monoisotopic (exact) mass is 396 g/mol. The molecule has 0 aliphatic carbocycles. The summed E-state index contributed by atoms with van der Waals surface area (Å²) >= 11 is 6.26. The van der Waals surface area contributed by atoms with Crippen molar-refractivity contribution in [3.63, 3.8) is 0 Å². The fourth-order valence-corrected chi connectivity index (χ4v) is 3.96. The normalized spacial score (nSPS) is 15.3. The molecule has 1 aliphatic rings. The molecule has 0 bridgehead atoms. The Balaban J connectivity index is 1.28. The third-order valence-electron chi connectivity index (χ3n) is 5.41. The number of halogens is 1. The molecule has 1 fully saturated rings. The molecule has 2 aromatic carbocycles.